The third-order valence-corrected chi connectivity index (χ3v) is 3.87. The summed E-state index contributed by atoms with van der Waals surface area (Å²) in [4.78, 5) is 11.5. The molecule has 0 aliphatic heterocycles. The molecule has 6 nitrogen and oxygen atoms in total. The van der Waals surface area contributed by atoms with Gasteiger partial charge >= 0.3 is 6.09 Å². The van der Waals surface area contributed by atoms with E-state index in [1.54, 1.807) is 20.8 Å². The molecule has 124 valence electrons. The van der Waals surface area contributed by atoms with Crippen molar-refractivity contribution in [2.24, 2.45) is 0 Å². The van der Waals surface area contributed by atoms with Gasteiger partial charge in [-0.1, -0.05) is 39.8 Å². The Labute approximate surface area is 147 Å². The van der Waals surface area contributed by atoms with Gasteiger partial charge in [-0.2, -0.15) is 0 Å². The van der Waals surface area contributed by atoms with Crippen molar-refractivity contribution >= 4 is 33.8 Å². The number of carbonyl (C=O) groups is 1. The predicted molar refractivity (Wildman–Crippen MR) is 91.1 cm³/mol. The van der Waals surface area contributed by atoms with Crippen molar-refractivity contribution in [3.63, 3.8) is 0 Å². The normalized spacial score (nSPS) is 11.3. The monoisotopic (exact) mass is 399 g/mol. The van der Waals surface area contributed by atoms with Gasteiger partial charge in [-0.05, 0) is 38.5 Å². The Morgan fingerprint density at radius 3 is 2.87 bits per heavy atom. The largest absolute Gasteiger partial charge is 0.444 e. The first-order valence-corrected chi connectivity index (χ1v) is 8.76. The lowest BCUT2D eigenvalue weighted by atomic mass is 10.2. The maximum Gasteiger partial charge on any atom is 0.408 e. The van der Waals surface area contributed by atoms with E-state index >= 15 is 0 Å². The van der Waals surface area contributed by atoms with E-state index in [1.807, 2.05) is 24.3 Å². The van der Waals surface area contributed by atoms with E-state index in [1.165, 1.54) is 11.8 Å². The number of ether oxygens (including phenoxy) is 1. The summed E-state index contributed by atoms with van der Waals surface area (Å²) in [6, 6.07) is 8.01. The molecule has 1 heterocycles. The van der Waals surface area contributed by atoms with E-state index in [-0.39, 0.29) is 6.54 Å². The summed E-state index contributed by atoms with van der Waals surface area (Å²) < 4.78 is 11.6. The molecule has 0 aliphatic carbocycles. The second-order valence-corrected chi connectivity index (χ2v) is 7.58. The minimum Gasteiger partial charge on any atom is -0.444 e. The van der Waals surface area contributed by atoms with Gasteiger partial charge in [0.15, 0.2) is 0 Å². The Balaban J connectivity index is 1.80. The highest BCUT2D eigenvalue weighted by Crippen LogP contribution is 2.23. The van der Waals surface area contributed by atoms with Gasteiger partial charge in [0.1, 0.15) is 5.60 Å². The fourth-order valence-electron chi connectivity index (χ4n) is 1.60. The summed E-state index contributed by atoms with van der Waals surface area (Å²) >= 11 is 4.88. The van der Waals surface area contributed by atoms with Crippen LogP contribution in [0.5, 0.6) is 0 Å². The van der Waals surface area contributed by atoms with E-state index in [2.05, 4.69) is 31.4 Å². The third kappa shape index (κ3) is 6.62. The van der Waals surface area contributed by atoms with Crippen molar-refractivity contribution in [3.8, 4) is 0 Å². The molecule has 1 amide bonds. The Hall–Kier alpha value is -1.54. The molecule has 0 atom stereocenters. The Morgan fingerprint density at radius 2 is 2.17 bits per heavy atom. The molecule has 1 aromatic carbocycles. The summed E-state index contributed by atoms with van der Waals surface area (Å²) in [7, 11) is 0. The van der Waals surface area contributed by atoms with Crippen LogP contribution in [0.25, 0.3) is 0 Å². The minimum absolute atomic E-state index is 0.138. The fraction of sp³-hybridized carbons (Fsp3) is 0.400. The first kappa shape index (κ1) is 17.8. The molecule has 0 spiro atoms. The maximum absolute atomic E-state index is 11.5. The summed E-state index contributed by atoms with van der Waals surface area (Å²) in [6.07, 6.45) is -0.515. The van der Waals surface area contributed by atoms with E-state index in [0.717, 1.165) is 15.8 Å². The number of hydrogen-bond donors (Lipinski definition) is 1. The minimum atomic E-state index is -0.538. The van der Waals surface area contributed by atoms with Crippen LogP contribution in [0.3, 0.4) is 0 Å². The number of nitrogens with zero attached hydrogens (tertiary/aromatic N) is 2. The third-order valence-electron chi connectivity index (χ3n) is 2.48. The quantitative estimate of drug-likeness (QED) is 0.760. The zero-order valence-electron chi connectivity index (χ0n) is 13.1. The van der Waals surface area contributed by atoms with Crippen LogP contribution in [0.4, 0.5) is 4.79 Å². The number of hydrogen-bond acceptors (Lipinski definition) is 6. The fourth-order valence-corrected chi connectivity index (χ4v) is 2.77. The van der Waals surface area contributed by atoms with E-state index in [0.29, 0.717) is 11.1 Å². The van der Waals surface area contributed by atoms with Crippen LogP contribution < -0.4 is 5.32 Å². The number of halogens is 1. The second-order valence-electron chi connectivity index (χ2n) is 5.74. The number of thioether (sulfide) groups is 1. The van der Waals surface area contributed by atoms with Crippen LogP contribution in [-0.2, 0) is 17.0 Å². The van der Waals surface area contributed by atoms with Crippen LogP contribution in [-0.4, -0.2) is 21.9 Å². The zero-order chi connectivity index (χ0) is 16.9. The van der Waals surface area contributed by atoms with E-state index in [9.17, 15) is 4.79 Å². The maximum atomic E-state index is 11.5. The van der Waals surface area contributed by atoms with Gasteiger partial charge in [-0.3, -0.25) is 0 Å². The first-order valence-electron chi connectivity index (χ1n) is 6.98. The molecular weight excluding hydrogens is 382 g/mol. The summed E-state index contributed by atoms with van der Waals surface area (Å²) in [5.74, 6) is 1.06. The highest BCUT2D eigenvalue weighted by molar-refractivity contribution is 9.10. The molecule has 1 N–H and O–H groups in total. The Kier molecular flexibility index (Phi) is 6.06. The number of alkyl carbamates (subject to hydrolysis) is 1. The number of rotatable bonds is 5. The van der Waals surface area contributed by atoms with Gasteiger partial charge in [0.2, 0.25) is 5.89 Å². The number of benzene rings is 1. The highest BCUT2D eigenvalue weighted by Gasteiger charge is 2.16. The van der Waals surface area contributed by atoms with Crippen molar-refractivity contribution in [1.29, 1.82) is 0 Å². The Bertz CT molecular complexity index is 670. The molecule has 0 aliphatic rings. The van der Waals surface area contributed by atoms with Gasteiger partial charge in [-0.25, -0.2) is 4.79 Å². The molecule has 0 bridgehead atoms. The van der Waals surface area contributed by atoms with Gasteiger partial charge in [0.25, 0.3) is 5.22 Å². The molecule has 2 rings (SSSR count). The molecule has 0 saturated heterocycles. The summed E-state index contributed by atoms with van der Waals surface area (Å²) in [5.41, 5.74) is 0.611. The molecule has 23 heavy (non-hydrogen) atoms. The molecule has 0 fully saturated rings. The molecule has 0 saturated carbocycles. The molecule has 0 unspecified atom stereocenters. The van der Waals surface area contributed by atoms with Crippen LogP contribution >= 0.6 is 27.7 Å². The van der Waals surface area contributed by atoms with Crippen molar-refractivity contribution < 1.29 is 13.9 Å². The van der Waals surface area contributed by atoms with Crippen LogP contribution in [0.1, 0.15) is 32.2 Å². The van der Waals surface area contributed by atoms with Gasteiger partial charge < -0.3 is 14.5 Å². The van der Waals surface area contributed by atoms with Crippen molar-refractivity contribution in [2.45, 2.75) is 43.9 Å². The SMILES string of the molecule is CC(C)(C)OC(=O)NCc1nnc(SCc2cccc(Br)c2)o1. The number of carbonyl (C=O) groups excluding carboxylic acids is 1. The molecule has 1 aromatic heterocycles. The Morgan fingerprint density at radius 1 is 1.39 bits per heavy atom. The average molecular weight is 400 g/mol. The summed E-state index contributed by atoms with van der Waals surface area (Å²) in [6.45, 7) is 5.54. The molecule has 8 heteroatoms. The van der Waals surface area contributed by atoms with Crippen LogP contribution in [0.2, 0.25) is 0 Å². The standard InChI is InChI=1S/C15H18BrN3O3S/c1-15(2,3)22-13(20)17-8-12-18-19-14(21-12)23-9-10-5-4-6-11(16)7-10/h4-7H,8-9H2,1-3H3,(H,17,20). The first-order chi connectivity index (χ1) is 10.8. The van der Waals surface area contributed by atoms with Crippen LogP contribution in [0, 0.1) is 0 Å². The highest BCUT2D eigenvalue weighted by atomic mass is 79.9. The number of amides is 1. The van der Waals surface area contributed by atoms with Crippen LogP contribution in [0.15, 0.2) is 38.4 Å². The smallest absolute Gasteiger partial charge is 0.408 e. The van der Waals surface area contributed by atoms with Crippen molar-refractivity contribution in [3.05, 3.63) is 40.2 Å². The number of aromatic nitrogens is 2. The van der Waals surface area contributed by atoms with Crippen molar-refractivity contribution in [1.82, 2.24) is 15.5 Å². The lowest BCUT2D eigenvalue weighted by Gasteiger charge is -2.19. The van der Waals surface area contributed by atoms with E-state index in [4.69, 9.17) is 9.15 Å². The molecule has 0 radical (unpaired) electrons. The predicted octanol–water partition coefficient (Wildman–Crippen LogP) is 4.15. The van der Waals surface area contributed by atoms with Gasteiger partial charge in [0, 0.05) is 10.2 Å². The van der Waals surface area contributed by atoms with Gasteiger partial charge in [-0.15, -0.1) is 10.2 Å². The van der Waals surface area contributed by atoms with E-state index < -0.39 is 11.7 Å². The lowest BCUT2D eigenvalue weighted by molar-refractivity contribution is 0.0518. The molecular formula is C15H18BrN3O3S. The number of nitrogens with one attached hydrogen (secondary N) is 1. The summed E-state index contributed by atoms with van der Waals surface area (Å²) in [5, 5.41) is 10.9. The lowest BCUT2D eigenvalue weighted by Crippen LogP contribution is -2.32. The average Bonchev–Trinajstić information content (AvgIpc) is 2.89. The second kappa shape index (κ2) is 7.83. The van der Waals surface area contributed by atoms with Gasteiger partial charge in [0.05, 0.1) is 6.54 Å². The van der Waals surface area contributed by atoms with Crippen molar-refractivity contribution in [2.75, 3.05) is 0 Å². The molecule has 2 aromatic rings. The zero-order valence-corrected chi connectivity index (χ0v) is 15.5. The topological polar surface area (TPSA) is 77.2 Å².